The van der Waals surface area contributed by atoms with Crippen LogP contribution in [0.2, 0.25) is 5.02 Å². The molecule has 2 atom stereocenters. The second kappa shape index (κ2) is 8.87. The summed E-state index contributed by atoms with van der Waals surface area (Å²) in [6, 6.07) is 7.46. The van der Waals surface area contributed by atoms with E-state index < -0.39 is 0 Å². The number of carbonyl (C=O) groups is 2. The van der Waals surface area contributed by atoms with E-state index in [9.17, 15) is 9.59 Å². The minimum Gasteiger partial charge on any atom is -0.352 e. The van der Waals surface area contributed by atoms with Crippen molar-refractivity contribution in [1.29, 1.82) is 0 Å². The number of piperazine rings is 1. The van der Waals surface area contributed by atoms with Crippen molar-refractivity contribution < 1.29 is 9.59 Å². The second-order valence-corrected chi connectivity index (χ2v) is 7.89. The lowest BCUT2D eigenvalue weighted by Gasteiger charge is -2.35. The van der Waals surface area contributed by atoms with Crippen molar-refractivity contribution >= 4 is 23.4 Å². The van der Waals surface area contributed by atoms with Crippen molar-refractivity contribution in [3.8, 4) is 0 Å². The van der Waals surface area contributed by atoms with Crippen LogP contribution in [0.1, 0.15) is 43.0 Å². The van der Waals surface area contributed by atoms with Gasteiger partial charge in [-0.3, -0.25) is 14.5 Å². The smallest absolute Gasteiger partial charge is 0.255 e. The minimum absolute atomic E-state index is 0.0317. The Kier molecular flexibility index (Phi) is 6.54. The SMILES string of the molecule is C[C@H]1CCCC[C@@H]1NC(=O)CN1CCN(C(=O)c2ccccc2Cl)CC1. The fourth-order valence-electron chi connectivity index (χ4n) is 3.90. The molecule has 0 radical (unpaired) electrons. The zero-order chi connectivity index (χ0) is 18.5. The highest BCUT2D eigenvalue weighted by Crippen LogP contribution is 2.23. The first-order valence-corrected chi connectivity index (χ1v) is 9.98. The van der Waals surface area contributed by atoms with E-state index in [2.05, 4.69) is 17.1 Å². The molecule has 1 aliphatic heterocycles. The number of nitrogens with zero attached hydrogens (tertiary/aromatic N) is 2. The predicted molar refractivity (Wildman–Crippen MR) is 103 cm³/mol. The van der Waals surface area contributed by atoms with Crippen LogP contribution in [0, 0.1) is 5.92 Å². The summed E-state index contributed by atoms with van der Waals surface area (Å²) in [5, 5.41) is 3.69. The van der Waals surface area contributed by atoms with Crippen LogP contribution in [0.4, 0.5) is 0 Å². The normalized spacial score (nSPS) is 24.3. The number of halogens is 1. The van der Waals surface area contributed by atoms with Crippen molar-refractivity contribution in [2.24, 2.45) is 5.92 Å². The molecule has 2 amide bonds. The monoisotopic (exact) mass is 377 g/mol. The molecule has 0 unspecified atom stereocenters. The van der Waals surface area contributed by atoms with E-state index in [1.165, 1.54) is 19.3 Å². The Labute approximate surface area is 160 Å². The molecule has 3 rings (SSSR count). The van der Waals surface area contributed by atoms with Gasteiger partial charge in [0.05, 0.1) is 17.1 Å². The van der Waals surface area contributed by atoms with Gasteiger partial charge >= 0.3 is 0 Å². The highest BCUT2D eigenvalue weighted by Gasteiger charge is 2.26. The molecule has 1 aromatic carbocycles. The van der Waals surface area contributed by atoms with Gasteiger partial charge in [0.15, 0.2) is 0 Å². The molecular formula is C20H28ClN3O2. The van der Waals surface area contributed by atoms with Crippen molar-refractivity contribution in [2.45, 2.75) is 38.6 Å². The van der Waals surface area contributed by atoms with Crippen molar-refractivity contribution in [1.82, 2.24) is 15.1 Å². The molecule has 1 aromatic rings. The molecule has 0 bridgehead atoms. The Balaban J connectivity index is 1.45. The average Bonchev–Trinajstić information content (AvgIpc) is 2.64. The third kappa shape index (κ3) is 4.77. The molecule has 2 fully saturated rings. The van der Waals surface area contributed by atoms with Gasteiger partial charge in [-0.15, -0.1) is 0 Å². The number of amides is 2. The van der Waals surface area contributed by atoms with Gasteiger partial charge in [0.1, 0.15) is 0 Å². The molecule has 1 saturated heterocycles. The maximum Gasteiger partial charge on any atom is 0.255 e. The number of hydrogen-bond donors (Lipinski definition) is 1. The molecular weight excluding hydrogens is 350 g/mol. The van der Waals surface area contributed by atoms with Gasteiger partial charge in [-0.25, -0.2) is 0 Å². The van der Waals surface area contributed by atoms with Crippen LogP contribution in [0.15, 0.2) is 24.3 Å². The summed E-state index contributed by atoms with van der Waals surface area (Å²) in [5.74, 6) is 0.642. The van der Waals surface area contributed by atoms with Crippen molar-refractivity contribution in [3.63, 3.8) is 0 Å². The summed E-state index contributed by atoms with van der Waals surface area (Å²) < 4.78 is 0. The molecule has 2 aliphatic rings. The number of hydrogen-bond acceptors (Lipinski definition) is 3. The Morgan fingerprint density at radius 3 is 2.50 bits per heavy atom. The number of benzene rings is 1. The van der Waals surface area contributed by atoms with E-state index in [-0.39, 0.29) is 11.8 Å². The number of nitrogens with one attached hydrogen (secondary N) is 1. The Bertz CT molecular complexity index is 644. The van der Waals surface area contributed by atoms with Crippen LogP contribution >= 0.6 is 11.6 Å². The number of carbonyl (C=O) groups excluding carboxylic acids is 2. The van der Waals surface area contributed by atoms with Crippen LogP contribution in [0.3, 0.4) is 0 Å². The molecule has 0 aromatic heterocycles. The van der Waals surface area contributed by atoms with Gasteiger partial charge < -0.3 is 10.2 Å². The van der Waals surface area contributed by atoms with Gasteiger partial charge in [-0.2, -0.15) is 0 Å². The lowest BCUT2D eigenvalue weighted by Crippen LogP contribution is -2.52. The topological polar surface area (TPSA) is 52.7 Å². The van der Waals surface area contributed by atoms with Gasteiger partial charge in [0, 0.05) is 32.2 Å². The van der Waals surface area contributed by atoms with E-state index in [0.717, 1.165) is 6.42 Å². The van der Waals surface area contributed by atoms with Crippen molar-refractivity contribution in [3.05, 3.63) is 34.9 Å². The van der Waals surface area contributed by atoms with Crippen LogP contribution < -0.4 is 5.32 Å². The van der Waals surface area contributed by atoms with E-state index in [0.29, 0.717) is 55.3 Å². The molecule has 5 nitrogen and oxygen atoms in total. The quantitative estimate of drug-likeness (QED) is 0.877. The van der Waals surface area contributed by atoms with Gasteiger partial charge in [0.2, 0.25) is 5.91 Å². The summed E-state index contributed by atoms with van der Waals surface area (Å²) in [5.41, 5.74) is 0.548. The Morgan fingerprint density at radius 1 is 1.12 bits per heavy atom. The van der Waals surface area contributed by atoms with Gasteiger partial charge in [0.25, 0.3) is 5.91 Å². The Hall–Kier alpha value is -1.59. The molecule has 6 heteroatoms. The average molecular weight is 378 g/mol. The fraction of sp³-hybridized carbons (Fsp3) is 0.600. The van der Waals surface area contributed by atoms with Gasteiger partial charge in [-0.05, 0) is 30.9 Å². The molecule has 1 N–H and O–H groups in total. The second-order valence-electron chi connectivity index (χ2n) is 7.48. The summed E-state index contributed by atoms with van der Waals surface area (Å²) in [4.78, 5) is 28.9. The molecule has 1 heterocycles. The lowest BCUT2D eigenvalue weighted by molar-refractivity contribution is -0.123. The molecule has 1 saturated carbocycles. The zero-order valence-corrected chi connectivity index (χ0v) is 16.2. The zero-order valence-electron chi connectivity index (χ0n) is 15.4. The fourth-order valence-corrected chi connectivity index (χ4v) is 4.12. The van der Waals surface area contributed by atoms with E-state index in [1.807, 2.05) is 17.0 Å². The third-order valence-corrected chi connectivity index (χ3v) is 5.92. The standard InChI is InChI=1S/C20H28ClN3O2/c1-15-6-2-5-9-18(15)22-19(25)14-23-10-12-24(13-11-23)20(26)16-7-3-4-8-17(16)21/h3-4,7-8,15,18H,2,5-6,9-14H2,1H3,(H,22,25)/t15-,18-/m0/s1. The Morgan fingerprint density at radius 2 is 1.81 bits per heavy atom. The molecule has 26 heavy (non-hydrogen) atoms. The first-order valence-electron chi connectivity index (χ1n) is 9.60. The predicted octanol–water partition coefficient (Wildman–Crippen LogP) is 2.79. The maximum atomic E-state index is 12.6. The first-order chi connectivity index (χ1) is 12.5. The van der Waals surface area contributed by atoms with E-state index in [4.69, 9.17) is 11.6 Å². The third-order valence-electron chi connectivity index (χ3n) is 5.59. The molecule has 142 valence electrons. The van der Waals surface area contributed by atoms with Gasteiger partial charge in [-0.1, -0.05) is 43.5 Å². The largest absolute Gasteiger partial charge is 0.352 e. The highest BCUT2D eigenvalue weighted by atomic mass is 35.5. The number of rotatable bonds is 4. The van der Waals surface area contributed by atoms with Crippen LogP contribution in [-0.4, -0.2) is 60.4 Å². The lowest BCUT2D eigenvalue weighted by atomic mass is 9.86. The highest BCUT2D eigenvalue weighted by molar-refractivity contribution is 6.33. The minimum atomic E-state index is -0.0317. The van der Waals surface area contributed by atoms with Crippen LogP contribution in [0.25, 0.3) is 0 Å². The van der Waals surface area contributed by atoms with Crippen LogP contribution in [0.5, 0.6) is 0 Å². The summed E-state index contributed by atoms with van der Waals surface area (Å²) in [6.45, 7) is 5.31. The molecule has 0 spiro atoms. The van der Waals surface area contributed by atoms with Crippen molar-refractivity contribution in [2.75, 3.05) is 32.7 Å². The summed E-state index contributed by atoms with van der Waals surface area (Å²) >= 11 is 6.13. The van der Waals surface area contributed by atoms with E-state index in [1.54, 1.807) is 12.1 Å². The summed E-state index contributed by atoms with van der Waals surface area (Å²) in [7, 11) is 0. The first kappa shape index (κ1) is 19.2. The van der Waals surface area contributed by atoms with E-state index >= 15 is 0 Å². The molecule has 1 aliphatic carbocycles. The van der Waals surface area contributed by atoms with Crippen LogP contribution in [-0.2, 0) is 4.79 Å². The summed E-state index contributed by atoms with van der Waals surface area (Å²) in [6.07, 6.45) is 4.77. The maximum absolute atomic E-state index is 12.6.